The number of benzene rings is 1. The second-order valence-electron chi connectivity index (χ2n) is 7.84. The van der Waals surface area contributed by atoms with E-state index in [0.717, 1.165) is 62.3 Å². The first-order valence-electron chi connectivity index (χ1n) is 10.4. The number of morpholine rings is 1. The molecule has 0 bridgehead atoms. The zero-order valence-electron chi connectivity index (χ0n) is 17.9. The van der Waals surface area contributed by atoms with E-state index in [4.69, 9.17) is 14.7 Å². The Morgan fingerprint density at radius 3 is 2.45 bits per heavy atom. The molecular weight excluding hydrogens is 380 g/mol. The Morgan fingerprint density at radius 1 is 1.07 bits per heavy atom. The highest BCUT2D eigenvalue weighted by atomic mass is 32.1. The molecule has 1 fully saturated rings. The van der Waals surface area contributed by atoms with Crippen LogP contribution >= 0.6 is 11.3 Å². The summed E-state index contributed by atoms with van der Waals surface area (Å²) >= 11 is 1.78. The maximum atomic E-state index is 5.48. The van der Waals surface area contributed by atoms with Crippen molar-refractivity contribution in [2.75, 3.05) is 38.3 Å². The van der Waals surface area contributed by atoms with E-state index >= 15 is 0 Å². The molecule has 29 heavy (non-hydrogen) atoms. The monoisotopic (exact) mass is 410 g/mol. The lowest BCUT2D eigenvalue weighted by Crippen LogP contribution is -2.36. The van der Waals surface area contributed by atoms with Crippen molar-refractivity contribution in [2.24, 2.45) is 0 Å². The van der Waals surface area contributed by atoms with E-state index in [0.29, 0.717) is 0 Å². The molecule has 0 atom stereocenters. The fourth-order valence-electron chi connectivity index (χ4n) is 3.81. The molecule has 1 aromatic carbocycles. The van der Waals surface area contributed by atoms with Crippen molar-refractivity contribution in [3.8, 4) is 0 Å². The van der Waals surface area contributed by atoms with Gasteiger partial charge in [-0.05, 0) is 37.0 Å². The van der Waals surface area contributed by atoms with Gasteiger partial charge in [0, 0.05) is 31.6 Å². The second kappa shape index (κ2) is 8.78. The minimum atomic E-state index is 0.779. The first-order valence-corrected chi connectivity index (χ1v) is 11.2. The Morgan fingerprint density at radius 2 is 1.76 bits per heavy atom. The van der Waals surface area contributed by atoms with Gasteiger partial charge < -0.3 is 9.64 Å². The van der Waals surface area contributed by atoms with Crippen molar-refractivity contribution in [1.82, 2.24) is 14.9 Å². The van der Waals surface area contributed by atoms with Gasteiger partial charge in [0.2, 0.25) is 0 Å². The summed E-state index contributed by atoms with van der Waals surface area (Å²) in [5, 5.41) is 1.20. The smallest absolute Gasteiger partial charge is 0.146 e. The molecule has 3 heterocycles. The number of rotatable bonds is 6. The molecule has 3 aromatic rings. The number of hydrogen-bond acceptors (Lipinski definition) is 6. The quantitative estimate of drug-likeness (QED) is 0.605. The van der Waals surface area contributed by atoms with Crippen LogP contribution < -0.4 is 4.90 Å². The van der Waals surface area contributed by atoms with Crippen LogP contribution in [0.3, 0.4) is 0 Å². The lowest BCUT2D eigenvalue weighted by atomic mass is 10.1. The van der Waals surface area contributed by atoms with Crippen molar-refractivity contribution in [3.63, 3.8) is 0 Å². The van der Waals surface area contributed by atoms with Crippen molar-refractivity contribution >= 4 is 27.4 Å². The summed E-state index contributed by atoms with van der Waals surface area (Å²) in [5.74, 6) is 1.95. The molecule has 0 spiro atoms. The van der Waals surface area contributed by atoms with Gasteiger partial charge >= 0.3 is 0 Å². The fourth-order valence-corrected chi connectivity index (χ4v) is 4.85. The zero-order chi connectivity index (χ0) is 20.4. The molecule has 154 valence electrons. The highest BCUT2D eigenvalue weighted by molar-refractivity contribution is 7.18. The van der Waals surface area contributed by atoms with Crippen molar-refractivity contribution in [2.45, 2.75) is 40.3 Å². The molecule has 0 amide bonds. The topological polar surface area (TPSA) is 41.5 Å². The Labute approximate surface area is 177 Å². The standard InChI is InChI=1S/C23H30N4OS/c1-5-18-6-8-19(9-7-18)14-26(4)22-21-16(2)17(3)29-23(21)25-20(24-22)15-27-10-12-28-13-11-27/h6-9H,5,10-15H2,1-4H3. The lowest BCUT2D eigenvalue weighted by Gasteiger charge is -2.26. The molecule has 1 saturated heterocycles. The minimum absolute atomic E-state index is 0.779. The zero-order valence-corrected chi connectivity index (χ0v) is 18.7. The van der Waals surface area contributed by atoms with E-state index in [2.05, 4.69) is 61.9 Å². The number of nitrogens with zero attached hydrogens (tertiary/aromatic N) is 4. The molecule has 0 radical (unpaired) electrons. The summed E-state index contributed by atoms with van der Waals surface area (Å²) in [4.78, 5) is 17.0. The normalized spacial score (nSPS) is 15.2. The molecule has 0 N–H and O–H groups in total. The Hall–Kier alpha value is -2.02. The van der Waals surface area contributed by atoms with Crippen LogP contribution in [0, 0.1) is 13.8 Å². The van der Waals surface area contributed by atoms with Crippen LogP contribution in [0.25, 0.3) is 10.2 Å². The maximum Gasteiger partial charge on any atom is 0.146 e. The Bertz CT molecular complexity index is 977. The molecular formula is C23H30N4OS. The first-order chi connectivity index (χ1) is 14.0. The third-order valence-corrected chi connectivity index (χ3v) is 6.84. The third-order valence-electron chi connectivity index (χ3n) is 5.74. The number of anilines is 1. The molecule has 0 saturated carbocycles. The van der Waals surface area contributed by atoms with E-state index in [9.17, 15) is 0 Å². The largest absolute Gasteiger partial charge is 0.379 e. The van der Waals surface area contributed by atoms with Crippen molar-refractivity contribution in [1.29, 1.82) is 0 Å². The van der Waals surface area contributed by atoms with Gasteiger partial charge in [0.15, 0.2) is 0 Å². The third kappa shape index (κ3) is 4.44. The first kappa shape index (κ1) is 20.3. The minimum Gasteiger partial charge on any atom is -0.379 e. The van der Waals surface area contributed by atoms with Gasteiger partial charge in [-0.1, -0.05) is 31.2 Å². The van der Waals surface area contributed by atoms with Crippen LogP contribution in [0.1, 0.15) is 34.3 Å². The number of ether oxygens (including phenoxy) is 1. The molecule has 1 aliphatic rings. The van der Waals surface area contributed by atoms with Gasteiger partial charge in [0.1, 0.15) is 16.5 Å². The van der Waals surface area contributed by atoms with Gasteiger partial charge in [-0.3, -0.25) is 4.90 Å². The summed E-state index contributed by atoms with van der Waals surface area (Å²) in [7, 11) is 2.14. The van der Waals surface area contributed by atoms with Crippen LogP contribution in [0.2, 0.25) is 0 Å². The highest BCUT2D eigenvalue weighted by Crippen LogP contribution is 2.35. The predicted octanol–water partition coefficient (Wildman–Crippen LogP) is 4.34. The lowest BCUT2D eigenvalue weighted by molar-refractivity contribution is 0.0331. The predicted molar refractivity (Wildman–Crippen MR) is 121 cm³/mol. The molecule has 4 rings (SSSR count). The molecule has 6 heteroatoms. The number of hydrogen-bond donors (Lipinski definition) is 0. The average Bonchev–Trinajstić information content (AvgIpc) is 3.02. The van der Waals surface area contributed by atoms with Crippen LogP contribution in [-0.4, -0.2) is 48.2 Å². The van der Waals surface area contributed by atoms with Gasteiger partial charge in [-0.2, -0.15) is 0 Å². The number of thiophene rings is 1. The highest BCUT2D eigenvalue weighted by Gasteiger charge is 2.19. The van der Waals surface area contributed by atoms with E-state index in [1.54, 1.807) is 11.3 Å². The SMILES string of the molecule is CCc1ccc(CN(C)c2nc(CN3CCOCC3)nc3sc(C)c(C)c23)cc1. The average molecular weight is 411 g/mol. The summed E-state index contributed by atoms with van der Waals surface area (Å²) in [6.45, 7) is 11.6. The van der Waals surface area contributed by atoms with E-state index in [1.165, 1.54) is 27.0 Å². The van der Waals surface area contributed by atoms with Crippen molar-refractivity contribution in [3.05, 3.63) is 51.7 Å². The Kier molecular flexibility index (Phi) is 6.13. The molecule has 0 unspecified atom stereocenters. The summed E-state index contributed by atoms with van der Waals surface area (Å²) in [6.07, 6.45) is 1.07. The summed E-state index contributed by atoms with van der Waals surface area (Å²) < 4.78 is 5.48. The molecule has 1 aliphatic heterocycles. The molecule has 0 aliphatic carbocycles. The fraction of sp³-hybridized carbons (Fsp3) is 0.478. The number of aromatic nitrogens is 2. The molecule has 2 aromatic heterocycles. The van der Waals surface area contributed by atoms with Gasteiger partial charge in [-0.15, -0.1) is 11.3 Å². The molecule has 5 nitrogen and oxygen atoms in total. The van der Waals surface area contributed by atoms with Gasteiger partial charge in [0.25, 0.3) is 0 Å². The van der Waals surface area contributed by atoms with E-state index < -0.39 is 0 Å². The van der Waals surface area contributed by atoms with Crippen LogP contribution in [0.4, 0.5) is 5.82 Å². The van der Waals surface area contributed by atoms with Crippen LogP contribution in [0.5, 0.6) is 0 Å². The van der Waals surface area contributed by atoms with Crippen LogP contribution in [-0.2, 0) is 24.2 Å². The number of aryl methyl sites for hydroxylation is 3. The number of fused-ring (bicyclic) bond motifs is 1. The van der Waals surface area contributed by atoms with E-state index in [1.807, 2.05) is 0 Å². The summed E-state index contributed by atoms with van der Waals surface area (Å²) in [6, 6.07) is 8.91. The van der Waals surface area contributed by atoms with Gasteiger partial charge in [-0.25, -0.2) is 9.97 Å². The maximum absolute atomic E-state index is 5.48. The Balaban J connectivity index is 1.66. The second-order valence-corrected chi connectivity index (χ2v) is 9.04. The van der Waals surface area contributed by atoms with Crippen molar-refractivity contribution < 1.29 is 4.74 Å². The van der Waals surface area contributed by atoms with E-state index in [-0.39, 0.29) is 0 Å². The summed E-state index contributed by atoms with van der Waals surface area (Å²) in [5.41, 5.74) is 3.97. The van der Waals surface area contributed by atoms with Crippen LogP contribution in [0.15, 0.2) is 24.3 Å². The van der Waals surface area contributed by atoms with Gasteiger partial charge in [0.05, 0.1) is 25.1 Å².